The number of aryl methyl sites for hydroxylation is 2. The number of rotatable bonds is 5. The first-order chi connectivity index (χ1) is 17.6. The van der Waals surface area contributed by atoms with E-state index < -0.39 is 0 Å². The summed E-state index contributed by atoms with van der Waals surface area (Å²) in [4.78, 5) is 25.0. The molecule has 4 aromatic rings. The number of carbonyl (C=O) groups excluding carboxylic acids is 1. The first kappa shape index (κ1) is 23.5. The van der Waals surface area contributed by atoms with Crippen molar-refractivity contribution in [3.8, 4) is 28.4 Å². The van der Waals surface area contributed by atoms with E-state index in [0.29, 0.717) is 25.3 Å². The molecule has 0 atom stereocenters. The van der Waals surface area contributed by atoms with Gasteiger partial charge in [-0.25, -0.2) is 14.8 Å². The van der Waals surface area contributed by atoms with Gasteiger partial charge in [0, 0.05) is 35.3 Å². The summed E-state index contributed by atoms with van der Waals surface area (Å²) in [5, 5.41) is 3.07. The molecule has 0 spiro atoms. The lowest BCUT2D eigenvalue weighted by Crippen LogP contribution is -2.39. The third-order valence-electron chi connectivity index (χ3n) is 6.68. The Bertz CT molecular complexity index is 1400. The second-order valence-electron chi connectivity index (χ2n) is 9.02. The smallest absolute Gasteiger partial charge is 0.322 e. The van der Waals surface area contributed by atoms with Gasteiger partial charge in [0.25, 0.3) is 0 Å². The van der Waals surface area contributed by atoms with E-state index in [1.807, 2.05) is 59.5 Å². The van der Waals surface area contributed by atoms with E-state index in [4.69, 9.17) is 14.7 Å². The van der Waals surface area contributed by atoms with Gasteiger partial charge in [0.15, 0.2) is 5.82 Å². The quantitative estimate of drug-likeness (QED) is 0.367. The second-order valence-corrected chi connectivity index (χ2v) is 9.02. The highest BCUT2D eigenvalue weighted by molar-refractivity contribution is 5.89. The number of methoxy groups -OCH3 is 1. The highest BCUT2D eigenvalue weighted by Gasteiger charge is 2.27. The maximum absolute atomic E-state index is 13.2. The molecule has 6 heteroatoms. The van der Waals surface area contributed by atoms with Crippen LogP contribution in [0.1, 0.15) is 29.3 Å². The van der Waals surface area contributed by atoms with Gasteiger partial charge in [-0.05, 0) is 60.9 Å². The number of hydrogen-bond acceptors (Lipinski definition) is 4. The number of hydrogen-bond donors (Lipinski definition) is 1. The Kier molecular flexibility index (Phi) is 6.67. The summed E-state index contributed by atoms with van der Waals surface area (Å²) in [6.07, 6.45) is 1.59. The number of nitrogens with zero attached hydrogens (tertiary/aromatic N) is 3. The Morgan fingerprint density at radius 1 is 1.03 bits per heavy atom. The van der Waals surface area contributed by atoms with Gasteiger partial charge in [-0.2, -0.15) is 0 Å². The summed E-state index contributed by atoms with van der Waals surface area (Å²) >= 11 is 0. The van der Waals surface area contributed by atoms with Crippen molar-refractivity contribution < 1.29 is 9.53 Å². The first-order valence-electron chi connectivity index (χ1n) is 12.3. The van der Waals surface area contributed by atoms with Crippen molar-refractivity contribution in [1.82, 2.24) is 14.9 Å². The number of carbonyl (C=O) groups is 1. The average Bonchev–Trinajstić information content (AvgIpc) is 2.92. The lowest BCUT2D eigenvalue weighted by molar-refractivity contribution is 0.206. The van der Waals surface area contributed by atoms with Gasteiger partial charge in [0.1, 0.15) is 5.75 Å². The van der Waals surface area contributed by atoms with Crippen LogP contribution in [0.3, 0.4) is 0 Å². The molecule has 6 nitrogen and oxygen atoms in total. The molecular weight excluding hydrogens is 448 g/mol. The standard InChI is InChI=1S/C30H30N4O2/c1-4-21-9-7-10-23(18-21)31-30(35)34-17-16-27-26(19-34)28(25-11-6-5-8-20(25)2)33-29(32-27)22-12-14-24(36-3)15-13-22/h5-15,18H,4,16-17,19H2,1-3H3,(H,31,35). The van der Waals surface area contributed by atoms with E-state index in [9.17, 15) is 4.79 Å². The lowest BCUT2D eigenvalue weighted by Gasteiger charge is -2.30. The molecule has 3 aromatic carbocycles. The first-order valence-corrected chi connectivity index (χ1v) is 12.3. The Morgan fingerprint density at radius 2 is 1.83 bits per heavy atom. The van der Waals surface area contributed by atoms with Gasteiger partial charge in [-0.3, -0.25) is 0 Å². The second kappa shape index (κ2) is 10.2. The maximum atomic E-state index is 13.2. The molecule has 2 heterocycles. The number of amides is 2. The topological polar surface area (TPSA) is 67.4 Å². The van der Waals surface area contributed by atoms with Gasteiger partial charge in [0.05, 0.1) is 25.0 Å². The minimum Gasteiger partial charge on any atom is -0.497 e. The molecule has 5 rings (SSSR count). The number of nitrogens with one attached hydrogen (secondary N) is 1. The van der Waals surface area contributed by atoms with Gasteiger partial charge < -0.3 is 15.0 Å². The molecule has 1 N–H and O–H groups in total. The Balaban J connectivity index is 1.50. The Hall–Kier alpha value is -4.19. The van der Waals surface area contributed by atoms with Crippen LogP contribution in [-0.4, -0.2) is 34.6 Å². The van der Waals surface area contributed by atoms with Gasteiger partial charge >= 0.3 is 6.03 Å². The molecule has 0 saturated heterocycles. The van der Waals surface area contributed by atoms with Crippen LogP contribution in [0.25, 0.3) is 22.6 Å². The molecule has 36 heavy (non-hydrogen) atoms. The Morgan fingerprint density at radius 3 is 2.58 bits per heavy atom. The largest absolute Gasteiger partial charge is 0.497 e. The maximum Gasteiger partial charge on any atom is 0.322 e. The van der Waals surface area contributed by atoms with Gasteiger partial charge in [0.2, 0.25) is 0 Å². The van der Waals surface area contributed by atoms with Crippen LogP contribution in [0.5, 0.6) is 5.75 Å². The number of fused-ring (bicyclic) bond motifs is 1. The van der Waals surface area contributed by atoms with E-state index in [2.05, 4.69) is 37.4 Å². The predicted octanol–water partition coefficient (Wildman–Crippen LogP) is 6.28. The van der Waals surface area contributed by atoms with Crippen molar-refractivity contribution in [3.63, 3.8) is 0 Å². The van der Waals surface area contributed by atoms with Crippen LogP contribution in [0.4, 0.5) is 10.5 Å². The molecule has 0 unspecified atom stereocenters. The molecule has 1 aliphatic rings. The Labute approximate surface area is 212 Å². The molecule has 1 aromatic heterocycles. The molecule has 0 fully saturated rings. The SMILES string of the molecule is CCc1cccc(NC(=O)N2CCc3nc(-c4ccc(OC)cc4)nc(-c4ccccc4C)c3C2)c1. The summed E-state index contributed by atoms with van der Waals surface area (Å²) in [5.74, 6) is 1.48. The normalized spacial score (nSPS) is 12.7. The van der Waals surface area contributed by atoms with Crippen LogP contribution in [-0.2, 0) is 19.4 Å². The van der Waals surface area contributed by atoms with E-state index >= 15 is 0 Å². The van der Waals surface area contributed by atoms with Crippen LogP contribution in [0, 0.1) is 6.92 Å². The van der Waals surface area contributed by atoms with E-state index in [0.717, 1.165) is 51.5 Å². The van der Waals surface area contributed by atoms with Crippen LogP contribution in [0.15, 0.2) is 72.8 Å². The third-order valence-corrected chi connectivity index (χ3v) is 6.68. The van der Waals surface area contributed by atoms with E-state index in [1.54, 1.807) is 7.11 Å². The van der Waals surface area contributed by atoms with Crippen molar-refractivity contribution in [2.45, 2.75) is 33.2 Å². The minimum atomic E-state index is -0.108. The molecule has 0 radical (unpaired) electrons. The van der Waals surface area contributed by atoms with E-state index in [1.165, 1.54) is 5.56 Å². The number of anilines is 1. The molecule has 1 aliphatic heterocycles. The summed E-state index contributed by atoms with van der Waals surface area (Å²) in [7, 11) is 1.66. The predicted molar refractivity (Wildman–Crippen MR) is 143 cm³/mol. The van der Waals surface area contributed by atoms with Crippen molar-refractivity contribution in [1.29, 1.82) is 0 Å². The monoisotopic (exact) mass is 478 g/mol. The zero-order chi connectivity index (χ0) is 25.1. The molecule has 182 valence electrons. The lowest BCUT2D eigenvalue weighted by atomic mass is 9.96. The highest BCUT2D eigenvalue weighted by atomic mass is 16.5. The molecule has 0 saturated carbocycles. The van der Waals surface area contributed by atoms with E-state index in [-0.39, 0.29) is 6.03 Å². The third kappa shape index (κ3) is 4.80. The fraction of sp³-hybridized carbons (Fsp3) is 0.233. The van der Waals surface area contributed by atoms with Crippen molar-refractivity contribution in [3.05, 3.63) is 95.2 Å². The van der Waals surface area contributed by atoms with Gasteiger partial charge in [-0.15, -0.1) is 0 Å². The zero-order valence-corrected chi connectivity index (χ0v) is 20.9. The van der Waals surface area contributed by atoms with Crippen LogP contribution < -0.4 is 10.1 Å². The highest BCUT2D eigenvalue weighted by Crippen LogP contribution is 2.33. The number of urea groups is 1. The molecule has 0 aliphatic carbocycles. The van der Waals surface area contributed by atoms with Crippen molar-refractivity contribution in [2.24, 2.45) is 0 Å². The van der Waals surface area contributed by atoms with Crippen LogP contribution >= 0.6 is 0 Å². The molecular formula is C30H30N4O2. The molecule has 0 bridgehead atoms. The van der Waals surface area contributed by atoms with Gasteiger partial charge in [-0.1, -0.05) is 43.3 Å². The zero-order valence-electron chi connectivity index (χ0n) is 20.9. The summed E-state index contributed by atoms with van der Waals surface area (Å²) < 4.78 is 5.31. The number of benzene rings is 3. The summed E-state index contributed by atoms with van der Waals surface area (Å²) in [6, 6.07) is 23.9. The summed E-state index contributed by atoms with van der Waals surface area (Å²) in [5.41, 5.74) is 8.02. The summed E-state index contributed by atoms with van der Waals surface area (Å²) in [6.45, 7) is 5.25. The van der Waals surface area contributed by atoms with Crippen LogP contribution in [0.2, 0.25) is 0 Å². The number of aromatic nitrogens is 2. The van der Waals surface area contributed by atoms with Crippen molar-refractivity contribution >= 4 is 11.7 Å². The number of ether oxygens (including phenoxy) is 1. The molecule has 2 amide bonds. The fourth-order valence-corrected chi connectivity index (χ4v) is 4.59. The average molecular weight is 479 g/mol. The fourth-order valence-electron chi connectivity index (χ4n) is 4.59. The minimum absolute atomic E-state index is 0.108. The van der Waals surface area contributed by atoms with Crippen molar-refractivity contribution in [2.75, 3.05) is 19.0 Å².